The molecule has 35 heavy (non-hydrogen) atoms. The maximum absolute atomic E-state index is 12.8. The lowest BCUT2D eigenvalue weighted by Gasteiger charge is -2.15. The van der Waals surface area contributed by atoms with Gasteiger partial charge in [0, 0.05) is 26.4 Å². The van der Waals surface area contributed by atoms with Crippen molar-refractivity contribution in [2.75, 3.05) is 19.8 Å². The number of ether oxygens (including phenoxy) is 2. The van der Waals surface area contributed by atoms with Gasteiger partial charge in [-0.15, -0.1) is 0 Å². The van der Waals surface area contributed by atoms with Gasteiger partial charge in [-0.1, -0.05) is 37.8 Å². The smallest absolute Gasteiger partial charge is 0.340 e. The van der Waals surface area contributed by atoms with Gasteiger partial charge in [0.1, 0.15) is 25.3 Å². The fourth-order valence-corrected chi connectivity index (χ4v) is 4.32. The number of esters is 1. The monoisotopic (exact) mass is 493 g/mol. The summed E-state index contributed by atoms with van der Waals surface area (Å²) in [5.41, 5.74) is 3.01. The summed E-state index contributed by atoms with van der Waals surface area (Å²) in [6.45, 7) is 9.74. The molecule has 0 saturated heterocycles. The molecule has 0 aliphatic carbocycles. The molecule has 0 fully saturated rings. The third-order valence-electron chi connectivity index (χ3n) is 5.31. The van der Waals surface area contributed by atoms with E-state index in [0.29, 0.717) is 28.9 Å². The highest BCUT2D eigenvalue weighted by atomic mass is 28.3. The molecule has 0 atom stereocenters. The SMILES string of the molecule is CCOC(=O)c1cn(COCC[Si](C)(C)C)c2ncnc(-c3cccc(CC(=O)NCC#N)c3)c12. The summed E-state index contributed by atoms with van der Waals surface area (Å²) in [5, 5.41) is 11.8. The van der Waals surface area contributed by atoms with E-state index in [2.05, 4.69) is 34.9 Å². The van der Waals surface area contributed by atoms with Crippen LogP contribution in [0.25, 0.3) is 22.3 Å². The van der Waals surface area contributed by atoms with Crippen molar-refractivity contribution in [1.29, 1.82) is 5.26 Å². The molecule has 0 bridgehead atoms. The number of carbonyl (C=O) groups excluding carboxylic acids is 2. The average molecular weight is 494 g/mol. The van der Waals surface area contributed by atoms with Crippen molar-refractivity contribution >= 4 is 31.0 Å². The number of fused-ring (bicyclic) bond motifs is 1. The molecule has 1 amide bonds. The molecule has 0 spiro atoms. The largest absolute Gasteiger partial charge is 0.462 e. The lowest BCUT2D eigenvalue weighted by molar-refractivity contribution is -0.120. The minimum atomic E-state index is -1.23. The lowest BCUT2D eigenvalue weighted by Crippen LogP contribution is -2.25. The molecule has 1 N–H and O–H groups in total. The first-order chi connectivity index (χ1) is 16.7. The van der Waals surface area contributed by atoms with Crippen LogP contribution >= 0.6 is 0 Å². The van der Waals surface area contributed by atoms with Crippen molar-refractivity contribution < 1.29 is 19.1 Å². The van der Waals surface area contributed by atoms with Crippen LogP contribution in [0.4, 0.5) is 0 Å². The average Bonchev–Trinajstić information content (AvgIpc) is 3.19. The van der Waals surface area contributed by atoms with E-state index in [1.165, 1.54) is 6.33 Å². The first-order valence-electron chi connectivity index (χ1n) is 11.5. The Morgan fingerprint density at radius 3 is 2.74 bits per heavy atom. The maximum Gasteiger partial charge on any atom is 0.340 e. The van der Waals surface area contributed by atoms with Gasteiger partial charge in [-0.25, -0.2) is 14.8 Å². The number of amides is 1. The molecule has 0 aliphatic rings. The van der Waals surface area contributed by atoms with Gasteiger partial charge in [0.25, 0.3) is 0 Å². The summed E-state index contributed by atoms with van der Waals surface area (Å²) in [5.74, 6) is -0.702. The van der Waals surface area contributed by atoms with E-state index in [0.717, 1.165) is 17.2 Å². The molecule has 0 unspecified atom stereocenters. The van der Waals surface area contributed by atoms with Crippen molar-refractivity contribution in [3.8, 4) is 17.3 Å². The quantitative estimate of drug-likeness (QED) is 0.187. The first-order valence-corrected chi connectivity index (χ1v) is 15.3. The minimum absolute atomic E-state index is 0.0402. The zero-order valence-electron chi connectivity index (χ0n) is 20.6. The van der Waals surface area contributed by atoms with Crippen LogP contribution in [-0.2, 0) is 27.4 Å². The highest BCUT2D eigenvalue weighted by Crippen LogP contribution is 2.31. The van der Waals surface area contributed by atoms with Crippen molar-refractivity contribution in [3.05, 3.63) is 47.9 Å². The molecule has 9 nitrogen and oxygen atoms in total. The number of hydrogen-bond donors (Lipinski definition) is 1. The van der Waals surface area contributed by atoms with E-state index in [-0.39, 0.29) is 32.2 Å². The van der Waals surface area contributed by atoms with Gasteiger partial charge in [-0.3, -0.25) is 4.79 Å². The van der Waals surface area contributed by atoms with E-state index in [1.807, 2.05) is 30.3 Å². The molecule has 2 aromatic heterocycles. The molecule has 184 valence electrons. The second-order valence-electron chi connectivity index (χ2n) is 9.31. The molecule has 3 rings (SSSR count). The highest BCUT2D eigenvalue weighted by molar-refractivity contribution is 6.76. The molecule has 0 aliphatic heterocycles. The van der Waals surface area contributed by atoms with Crippen LogP contribution in [0.1, 0.15) is 22.8 Å². The second kappa shape index (κ2) is 11.7. The summed E-state index contributed by atoms with van der Waals surface area (Å²) in [6, 6.07) is 10.3. The van der Waals surface area contributed by atoms with Crippen LogP contribution in [0.5, 0.6) is 0 Å². The van der Waals surface area contributed by atoms with Gasteiger partial charge in [0.2, 0.25) is 5.91 Å². The minimum Gasteiger partial charge on any atom is -0.462 e. The lowest BCUT2D eigenvalue weighted by atomic mass is 10.0. The summed E-state index contributed by atoms with van der Waals surface area (Å²) in [4.78, 5) is 33.8. The van der Waals surface area contributed by atoms with Gasteiger partial charge in [-0.05, 0) is 24.6 Å². The molecule has 2 heterocycles. The fourth-order valence-electron chi connectivity index (χ4n) is 3.56. The van der Waals surface area contributed by atoms with Crippen molar-refractivity contribution in [3.63, 3.8) is 0 Å². The maximum atomic E-state index is 12.8. The normalized spacial score (nSPS) is 11.3. The number of hydrogen-bond acceptors (Lipinski definition) is 7. The fraction of sp³-hybridized carbons (Fsp3) is 0.400. The van der Waals surface area contributed by atoms with Crippen molar-refractivity contribution in [1.82, 2.24) is 19.9 Å². The molecule has 1 aromatic carbocycles. The molecule has 3 aromatic rings. The van der Waals surface area contributed by atoms with Crippen LogP contribution in [0.3, 0.4) is 0 Å². The Morgan fingerprint density at radius 1 is 1.23 bits per heavy atom. The predicted molar refractivity (Wildman–Crippen MR) is 135 cm³/mol. The van der Waals surface area contributed by atoms with Crippen LogP contribution in [0, 0.1) is 11.3 Å². The van der Waals surface area contributed by atoms with E-state index in [4.69, 9.17) is 14.7 Å². The Kier molecular flexibility index (Phi) is 8.73. The number of nitrogens with one attached hydrogen (secondary N) is 1. The van der Waals surface area contributed by atoms with Gasteiger partial charge < -0.3 is 19.4 Å². The molecule has 0 saturated carbocycles. The summed E-state index contributed by atoms with van der Waals surface area (Å²) < 4.78 is 13.0. The Hall–Kier alpha value is -3.55. The number of aromatic nitrogens is 3. The van der Waals surface area contributed by atoms with Gasteiger partial charge in [0.05, 0.1) is 35.7 Å². The Labute approximate surface area is 206 Å². The number of rotatable bonds is 11. The third kappa shape index (κ3) is 6.97. The summed E-state index contributed by atoms with van der Waals surface area (Å²) in [6.07, 6.45) is 3.28. The third-order valence-corrected chi connectivity index (χ3v) is 7.01. The van der Waals surface area contributed by atoms with E-state index < -0.39 is 14.0 Å². The Balaban J connectivity index is 1.98. The van der Waals surface area contributed by atoms with Crippen LogP contribution < -0.4 is 5.32 Å². The standard InChI is InChI=1S/C25H31N5O4Si/c1-5-34-25(32)20-15-30(17-33-11-12-35(2,3)4)24-22(20)23(28-16-29-24)19-8-6-7-18(13-19)14-21(31)27-10-9-26/h6-8,13,15-16H,5,10-12,14,17H2,1-4H3,(H,27,31). The van der Waals surface area contributed by atoms with Crippen LogP contribution in [0.2, 0.25) is 25.7 Å². The van der Waals surface area contributed by atoms with Gasteiger partial charge in [-0.2, -0.15) is 5.26 Å². The number of nitrogens with zero attached hydrogens (tertiary/aromatic N) is 4. The predicted octanol–water partition coefficient (Wildman–Crippen LogP) is 3.77. The molecular formula is C25H31N5O4Si. The number of benzene rings is 1. The van der Waals surface area contributed by atoms with Crippen LogP contribution in [0.15, 0.2) is 36.8 Å². The topological polar surface area (TPSA) is 119 Å². The Bertz CT molecular complexity index is 1240. The van der Waals surface area contributed by atoms with E-state index >= 15 is 0 Å². The zero-order chi connectivity index (χ0) is 25.4. The zero-order valence-corrected chi connectivity index (χ0v) is 21.6. The number of carbonyl (C=O) groups is 2. The first kappa shape index (κ1) is 26.1. The molecular weight excluding hydrogens is 462 g/mol. The number of nitriles is 1. The second-order valence-corrected chi connectivity index (χ2v) is 14.9. The van der Waals surface area contributed by atoms with Crippen molar-refractivity contribution in [2.45, 2.75) is 45.8 Å². The Morgan fingerprint density at radius 2 is 2.03 bits per heavy atom. The summed E-state index contributed by atoms with van der Waals surface area (Å²) in [7, 11) is -1.23. The van der Waals surface area contributed by atoms with E-state index in [1.54, 1.807) is 17.7 Å². The summed E-state index contributed by atoms with van der Waals surface area (Å²) >= 11 is 0. The molecule has 10 heteroatoms. The van der Waals surface area contributed by atoms with Gasteiger partial charge >= 0.3 is 5.97 Å². The van der Waals surface area contributed by atoms with E-state index in [9.17, 15) is 9.59 Å². The molecule has 0 radical (unpaired) electrons. The van der Waals surface area contributed by atoms with Crippen molar-refractivity contribution in [2.24, 2.45) is 0 Å². The van der Waals surface area contributed by atoms with Crippen LogP contribution in [-0.4, -0.2) is 54.2 Å². The van der Waals surface area contributed by atoms with Gasteiger partial charge in [0.15, 0.2) is 0 Å². The highest BCUT2D eigenvalue weighted by Gasteiger charge is 2.22.